The molecule has 0 saturated carbocycles. The van der Waals surface area contributed by atoms with Gasteiger partial charge in [-0.05, 0) is 49.4 Å². The van der Waals surface area contributed by atoms with Gasteiger partial charge >= 0.3 is 0 Å². The Morgan fingerprint density at radius 2 is 1.68 bits per heavy atom. The Morgan fingerprint density at radius 3 is 2.35 bits per heavy atom. The van der Waals surface area contributed by atoms with E-state index in [0.29, 0.717) is 10.9 Å². The minimum atomic E-state index is -4.21. The molecule has 1 N–H and O–H groups in total. The lowest BCUT2D eigenvalue weighted by Crippen LogP contribution is -2.35. The van der Waals surface area contributed by atoms with E-state index in [1.54, 1.807) is 55.6 Å². The van der Waals surface area contributed by atoms with E-state index >= 15 is 0 Å². The van der Waals surface area contributed by atoms with Gasteiger partial charge in [-0.2, -0.15) is 0 Å². The van der Waals surface area contributed by atoms with Crippen molar-refractivity contribution in [3.8, 4) is 5.88 Å². The number of hydrogen-bond donors (Lipinski definition) is 1. The zero-order valence-corrected chi connectivity index (χ0v) is 19.2. The van der Waals surface area contributed by atoms with Crippen molar-refractivity contribution >= 4 is 38.2 Å². The van der Waals surface area contributed by atoms with Crippen molar-refractivity contribution in [1.29, 1.82) is 0 Å². The van der Waals surface area contributed by atoms with Gasteiger partial charge in [0, 0.05) is 12.4 Å². The minimum absolute atomic E-state index is 0.106. The fraction of sp³-hybridized carbons (Fsp3) is 0.125. The van der Waals surface area contributed by atoms with Gasteiger partial charge < -0.3 is 9.67 Å². The molecule has 0 unspecified atom stereocenters. The maximum absolute atomic E-state index is 13.3. The van der Waals surface area contributed by atoms with Gasteiger partial charge in [-0.1, -0.05) is 35.9 Å². The number of carbonyl (C=O) groups excluding carboxylic acids is 1. The van der Waals surface area contributed by atoms with Crippen molar-refractivity contribution in [2.75, 3.05) is 10.8 Å². The van der Waals surface area contributed by atoms with Gasteiger partial charge in [0.25, 0.3) is 15.9 Å². The molecule has 0 saturated heterocycles. The number of anilines is 1. The molecule has 3 aromatic carbocycles. The summed E-state index contributed by atoms with van der Waals surface area (Å²) in [4.78, 5) is 12.6. The molecule has 1 aromatic heterocycles. The highest BCUT2D eigenvalue weighted by Gasteiger charge is 2.27. The summed E-state index contributed by atoms with van der Waals surface area (Å²) in [5.74, 6) is -1.61. The van der Waals surface area contributed by atoms with Crippen molar-refractivity contribution in [1.82, 2.24) is 4.57 Å². The zero-order chi connectivity index (χ0) is 24.5. The molecule has 10 heteroatoms. The van der Waals surface area contributed by atoms with Crippen LogP contribution in [0.25, 0.3) is 10.9 Å². The van der Waals surface area contributed by atoms with E-state index < -0.39 is 28.3 Å². The molecule has 4 rings (SSSR count). The van der Waals surface area contributed by atoms with Crippen LogP contribution in [0, 0.1) is 12.7 Å². The van der Waals surface area contributed by atoms with E-state index in [4.69, 9.17) is 0 Å². The molecular formula is C24H21FN4O4S. The SMILES string of the molecule is Cc1ccc(N(CC(=O)N=Nc2c(O)n(C)c3ccccc23)S(=O)(=O)c2ccc(F)cc2)cc1. The molecule has 1 amide bonds. The number of carbonyl (C=O) groups is 1. The van der Waals surface area contributed by atoms with Crippen LogP contribution in [-0.2, 0) is 21.9 Å². The second-order valence-corrected chi connectivity index (χ2v) is 9.51. The minimum Gasteiger partial charge on any atom is -0.493 e. The van der Waals surface area contributed by atoms with E-state index in [0.717, 1.165) is 34.1 Å². The lowest BCUT2D eigenvalue weighted by Gasteiger charge is -2.23. The number of nitrogens with zero attached hydrogens (tertiary/aromatic N) is 4. The third kappa shape index (κ3) is 4.40. The van der Waals surface area contributed by atoms with Crippen LogP contribution in [0.15, 0.2) is 87.9 Å². The fourth-order valence-corrected chi connectivity index (χ4v) is 4.89. The van der Waals surface area contributed by atoms with Crippen LogP contribution in [0.4, 0.5) is 15.8 Å². The van der Waals surface area contributed by atoms with Gasteiger partial charge in [-0.15, -0.1) is 10.2 Å². The topological polar surface area (TPSA) is 104 Å². The standard InChI is InChI=1S/C24H21FN4O4S/c1-16-7-11-18(12-8-16)29(34(32,33)19-13-9-17(25)10-14-19)15-22(30)26-27-23-20-5-3-4-6-21(20)28(2)24(23)31/h3-14,31H,15H2,1-2H3. The van der Waals surface area contributed by atoms with Crippen molar-refractivity contribution in [3.05, 3.63) is 84.2 Å². The Kier molecular flexibility index (Phi) is 6.16. The highest BCUT2D eigenvalue weighted by Crippen LogP contribution is 2.37. The zero-order valence-electron chi connectivity index (χ0n) is 18.4. The van der Waals surface area contributed by atoms with Crippen LogP contribution in [0.2, 0.25) is 0 Å². The molecule has 8 nitrogen and oxygen atoms in total. The molecule has 0 aliphatic carbocycles. The Labute approximate surface area is 195 Å². The Bertz CT molecular complexity index is 1490. The van der Waals surface area contributed by atoms with Gasteiger partial charge in [-0.3, -0.25) is 9.10 Å². The molecule has 4 aromatic rings. The van der Waals surface area contributed by atoms with Crippen LogP contribution in [0.5, 0.6) is 5.88 Å². The van der Waals surface area contributed by atoms with Gasteiger partial charge in [0.15, 0.2) is 5.69 Å². The molecule has 0 aliphatic rings. The first-order chi connectivity index (χ1) is 16.2. The average Bonchev–Trinajstić information content (AvgIpc) is 3.07. The van der Waals surface area contributed by atoms with E-state index in [1.807, 2.05) is 6.92 Å². The summed E-state index contributed by atoms with van der Waals surface area (Å²) in [6.07, 6.45) is 0. The van der Waals surface area contributed by atoms with Gasteiger partial charge in [0.05, 0.1) is 16.1 Å². The predicted molar refractivity (Wildman–Crippen MR) is 126 cm³/mol. The quantitative estimate of drug-likeness (QED) is 0.399. The third-order valence-corrected chi connectivity index (χ3v) is 7.10. The van der Waals surface area contributed by atoms with Gasteiger partial charge in [0.1, 0.15) is 12.4 Å². The van der Waals surface area contributed by atoms with Crippen LogP contribution in [0.1, 0.15) is 5.56 Å². The number of aromatic hydroxyl groups is 1. The molecule has 174 valence electrons. The number of rotatable bonds is 6. The largest absolute Gasteiger partial charge is 0.493 e. The van der Waals surface area contributed by atoms with E-state index in [9.17, 15) is 22.7 Å². The maximum Gasteiger partial charge on any atom is 0.285 e. The second-order valence-electron chi connectivity index (χ2n) is 7.64. The first-order valence-electron chi connectivity index (χ1n) is 10.2. The second kappa shape index (κ2) is 9.06. The summed E-state index contributed by atoms with van der Waals surface area (Å²) in [5, 5.41) is 18.6. The lowest BCUT2D eigenvalue weighted by molar-refractivity contribution is -0.116. The summed E-state index contributed by atoms with van der Waals surface area (Å²) in [6, 6.07) is 18.0. The number of halogens is 1. The molecule has 1 heterocycles. The van der Waals surface area contributed by atoms with E-state index in [2.05, 4.69) is 10.2 Å². The van der Waals surface area contributed by atoms with Crippen LogP contribution in [0.3, 0.4) is 0 Å². The van der Waals surface area contributed by atoms with Crippen LogP contribution in [-0.4, -0.2) is 30.5 Å². The smallest absolute Gasteiger partial charge is 0.285 e. The van der Waals surface area contributed by atoms with Crippen LogP contribution >= 0.6 is 0 Å². The molecular weight excluding hydrogens is 459 g/mol. The Hall–Kier alpha value is -4.05. The van der Waals surface area contributed by atoms with Gasteiger partial charge in [0.2, 0.25) is 5.88 Å². The molecule has 0 bridgehead atoms. The van der Waals surface area contributed by atoms with Crippen molar-refractivity contribution in [2.45, 2.75) is 11.8 Å². The summed E-state index contributed by atoms with van der Waals surface area (Å²) in [5.41, 5.74) is 1.95. The summed E-state index contributed by atoms with van der Waals surface area (Å²) >= 11 is 0. The molecule has 0 fully saturated rings. The Morgan fingerprint density at radius 1 is 1.03 bits per heavy atom. The number of para-hydroxylation sites is 1. The lowest BCUT2D eigenvalue weighted by atomic mass is 10.2. The number of amides is 1. The third-order valence-electron chi connectivity index (χ3n) is 5.31. The number of fused-ring (bicyclic) bond motifs is 1. The van der Waals surface area contributed by atoms with Gasteiger partial charge in [-0.25, -0.2) is 12.8 Å². The first kappa shape index (κ1) is 23.1. The number of sulfonamides is 1. The number of hydrogen-bond acceptors (Lipinski definition) is 5. The Balaban J connectivity index is 1.68. The summed E-state index contributed by atoms with van der Waals surface area (Å²) in [7, 11) is -2.56. The number of aryl methyl sites for hydroxylation is 2. The number of aromatic nitrogens is 1. The maximum atomic E-state index is 13.3. The fourth-order valence-electron chi connectivity index (χ4n) is 3.48. The average molecular weight is 481 g/mol. The highest BCUT2D eigenvalue weighted by molar-refractivity contribution is 7.92. The van der Waals surface area contributed by atoms with Crippen molar-refractivity contribution in [2.24, 2.45) is 17.3 Å². The van der Waals surface area contributed by atoms with Crippen LogP contribution < -0.4 is 4.31 Å². The monoisotopic (exact) mass is 480 g/mol. The van der Waals surface area contributed by atoms with E-state index in [-0.39, 0.29) is 22.2 Å². The molecule has 0 aliphatic heterocycles. The van der Waals surface area contributed by atoms with Crippen molar-refractivity contribution in [3.63, 3.8) is 0 Å². The predicted octanol–water partition coefficient (Wildman–Crippen LogP) is 4.84. The molecule has 0 radical (unpaired) electrons. The highest BCUT2D eigenvalue weighted by atomic mass is 32.2. The van der Waals surface area contributed by atoms with E-state index in [1.165, 1.54) is 4.57 Å². The number of benzene rings is 3. The number of azo groups is 1. The summed E-state index contributed by atoms with van der Waals surface area (Å²) < 4.78 is 42.4. The molecule has 34 heavy (non-hydrogen) atoms. The normalized spacial score (nSPS) is 11.9. The van der Waals surface area contributed by atoms with Crippen molar-refractivity contribution < 1.29 is 22.7 Å². The molecule has 0 spiro atoms. The molecule has 0 atom stereocenters. The summed E-state index contributed by atoms with van der Waals surface area (Å²) in [6.45, 7) is 1.20. The first-order valence-corrected chi connectivity index (χ1v) is 11.7.